The van der Waals surface area contributed by atoms with Crippen molar-refractivity contribution in [1.29, 1.82) is 0 Å². The minimum Gasteiger partial charge on any atom is -0.503 e. The number of halogens is 9. The second-order valence-corrected chi connectivity index (χ2v) is 5.98. The van der Waals surface area contributed by atoms with Crippen LogP contribution < -0.4 is 5.32 Å². The molecular formula is C18H10F9N3O2. The normalized spacial score (nSPS) is 13.8. The van der Waals surface area contributed by atoms with Gasteiger partial charge in [0, 0.05) is 5.69 Å². The summed E-state index contributed by atoms with van der Waals surface area (Å²) >= 11 is 0. The van der Waals surface area contributed by atoms with E-state index in [0.29, 0.717) is 24.3 Å². The number of rotatable bonds is 4. The zero-order valence-electron chi connectivity index (χ0n) is 15.3. The number of carbonyl (C=O) groups is 1. The molecule has 0 unspecified atom stereocenters. The van der Waals surface area contributed by atoms with Crippen LogP contribution in [0.5, 0.6) is 0 Å². The molecule has 0 aliphatic carbocycles. The fourth-order valence-electron chi connectivity index (χ4n) is 2.15. The lowest BCUT2D eigenvalue weighted by Gasteiger charge is -2.11. The smallest absolute Gasteiger partial charge is 0.451 e. The molecule has 32 heavy (non-hydrogen) atoms. The van der Waals surface area contributed by atoms with Gasteiger partial charge in [0.2, 0.25) is 5.76 Å². The van der Waals surface area contributed by atoms with Crippen LogP contribution in [0, 0.1) is 0 Å². The maximum Gasteiger partial charge on any atom is 0.451 e. The number of nitrogens with one attached hydrogen (secondary N) is 1. The number of amides is 1. The Labute approximate surface area is 172 Å². The molecule has 172 valence electrons. The van der Waals surface area contributed by atoms with Crippen molar-refractivity contribution >= 4 is 17.3 Å². The van der Waals surface area contributed by atoms with Crippen molar-refractivity contribution in [3.8, 4) is 0 Å². The van der Waals surface area contributed by atoms with Crippen LogP contribution in [0.2, 0.25) is 0 Å². The molecule has 5 nitrogen and oxygen atoms in total. The average molecular weight is 471 g/mol. The molecule has 0 saturated heterocycles. The number of hydrogen-bond donors (Lipinski definition) is 2. The Morgan fingerprint density at radius 3 is 1.88 bits per heavy atom. The first-order valence-electron chi connectivity index (χ1n) is 8.17. The van der Waals surface area contributed by atoms with Crippen molar-refractivity contribution < 1.29 is 49.4 Å². The monoisotopic (exact) mass is 471 g/mol. The van der Waals surface area contributed by atoms with Crippen LogP contribution in [0.25, 0.3) is 0 Å². The molecule has 0 saturated carbocycles. The van der Waals surface area contributed by atoms with Gasteiger partial charge >= 0.3 is 18.5 Å². The number of aliphatic hydroxyl groups is 1. The highest BCUT2D eigenvalue weighted by molar-refractivity contribution is 6.03. The van der Waals surface area contributed by atoms with E-state index in [0.717, 1.165) is 24.3 Å². The first-order chi connectivity index (χ1) is 14.6. The summed E-state index contributed by atoms with van der Waals surface area (Å²) in [7, 11) is 0. The fraction of sp³-hybridized carbons (Fsp3) is 0.167. The van der Waals surface area contributed by atoms with Gasteiger partial charge in [0.15, 0.2) is 5.70 Å². The second kappa shape index (κ2) is 8.88. The van der Waals surface area contributed by atoms with Crippen molar-refractivity contribution in [2.24, 2.45) is 10.2 Å². The first-order valence-corrected chi connectivity index (χ1v) is 8.17. The van der Waals surface area contributed by atoms with Gasteiger partial charge in [-0.1, -0.05) is 12.1 Å². The van der Waals surface area contributed by atoms with Gasteiger partial charge < -0.3 is 10.4 Å². The molecule has 0 heterocycles. The van der Waals surface area contributed by atoms with E-state index in [1.54, 1.807) is 5.32 Å². The number of anilines is 1. The summed E-state index contributed by atoms with van der Waals surface area (Å²) in [5.74, 6) is -4.37. The molecular weight excluding hydrogens is 461 g/mol. The minimum absolute atomic E-state index is 0.407. The summed E-state index contributed by atoms with van der Waals surface area (Å²) in [5.41, 5.74) is -5.43. The van der Waals surface area contributed by atoms with E-state index in [1.165, 1.54) is 0 Å². The number of alkyl halides is 9. The molecule has 0 aromatic heterocycles. The van der Waals surface area contributed by atoms with E-state index < -0.39 is 58.4 Å². The van der Waals surface area contributed by atoms with Crippen LogP contribution in [-0.4, -0.2) is 17.2 Å². The molecule has 0 spiro atoms. The van der Waals surface area contributed by atoms with Gasteiger partial charge in [-0.05, 0) is 36.4 Å². The highest BCUT2D eigenvalue weighted by Crippen LogP contribution is 2.33. The largest absolute Gasteiger partial charge is 0.503 e. The molecule has 0 radical (unpaired) electrons. The van der Waals surface area contributed by atoms with Gasteiger partial charge in [-0.3, -0.25) is 4.79 Å². The fourth-order valence-corrected chi connectivity index (χ4v) is 2.15. The summed E-state index contributed by atoms with van der Waals surface area (Å²) in [6.45, 7) is 0. The quantitative estimate of drug-likeness (QED) is 0.223. The summed E-state index contributed by atoms with van der Waals surface area (Å²) in [5, 5.41) is 17.0. The van der Waals surface area contributed by atoms with Gasteiger partial charge in [0.1, 0.15) is 0 Å². The molecule has 2 aromatic rings. The van der Waals surface area contributed by atoms with Crippen LogP contribution in [0.1, 0.15) is 11.1 Å². The van der Waals surface area contributed by atoms with E-state index in [2.05, 4.69) is 10.2 Å². The van der Waals surface area contributed by atoms with Gasteiger partial charge in [-0.2, -0.15) is 44.6 Å². The number of hydrogen-bond acceptors (Lipinski definition) is 4. The lowest BCUT2D eigenvalue weighted by Crippen LogP contribution is -2.21. The lowest BCUT2D eigenvalue weighted by molar-refractivity contribution is -0.138. The van der Waals surface area contributed by atoms with Gasteiger partial charge in [0.05, 0.1) is 16.8 Å². The topological polar surface area (TPSA) is 74.0 Å². The molecule has 0 bridgehead atoms. The summed E-state index contributed by atoms with van der Waals surface area (Å²) < 4.78 is 115. The SMILES string of the molecule is O=C(Nc1cccc(C(F)(F)F)c1)/C(N=Nc1cccc(C(F)(F)F)c1)=C(\O)C(F)(F)F. The van der Waals surface area contributed by atoms with Gasteiger partial charge in [-0.25, -0.2) is 0 Å². The Hall–Kier alpha value is -3.58. The van der Waals surface area contributed by atoms with Crippen molar-refractivity contribution in [1.82, 2.24) is 0 Å². The Bertz CT molecular complexity index is 1050. The van der Waals surface area contributed by atoms with Crippen LogP contribution in [0.3, 0.4) is 0 Å². The zero-order valence-corrected chi connectivity index (χ0v) is 15.3. The molecule has 0 atom stereocenters. The standard InChI is InChI=1S/C18H10F9N3O2/c19-16(20,21)9-3-1-5-11(7-9)28-15(32)13(14(31)18(25,26)27)30-29-12-6-2-4-10(8-12)17(22,23)24/h1-8,31H,(H,28,32)/b14-13+,30-29?. The molecule has 2 aromatic carbocycles. The predicted molar refractivity (Wildman–Crippen MR) is 91.7 cm³/mol. The minimum atomic E-state index is -5.52. The van der Waals surface area contributed by atoms with E-state index >= 15 is 0 Å². The Balaban J connectivity index is 2.41. The first kappa shape index (κ1) is 24.7. The number of benzene rings is 2. The van der Waals surface area contributed by atoms with E-state index in [4.69, 9.17) is 0 Å². The summed E-state index contributed by atoms with van der Waals surface area (Å²) in [4.78, 5) is 12.2. The highest BCUT2D eigenvalue weighted by atomic mass is 19.4. The van der Waals surface area contributed by atoms with Crippen molar-refractivity contribution in [2.45, 2.75) is 18.5 Å². The molecule has 2 N–H and O–H groups in total. The number of allylic oxidation sites excluding steroid dienone is 1. The van der Waals surface area contributed by atoms with Crippen molar-refractivity contribution in [3.05, 3.63) is 71.1 Å². The third kappa shape index (κ3) is 6.46. The Morgan fingerprint density at radius 2 is 1.34 bits per heavy atom. The summed E-state index contributed by atoms with van der Waals surface area (Å²) in [6, 6.07) is 5.66. The van der Waals surface area contributed by atoms with Crippen LogP contribution in [0.4, 0.5) is 50.9 Å². The zero-order chi connectivity index (χ0) is 24.3. The maximum atomic E-state index is 12.9. The number of carbonyl (C=O) groups excluding carboxylic acids is 1. The highest BCUT2D eigenvalue weighted by Gasteiger charge is 2.39. The number of aliphatic hydroxyl groups excluding tert-OH is 1. The van der Waals surface area contributed by atoms with E-state index in [1.807, 2.05) is 0 Å². The van der Waals surface area contributed by atoms with E-state index in [9.17, 15) is 49.4 Å². The van der Waals surface area contributed by atoms with Crippen LogP contribution in [-0.2, 0) is 17.1 Å². The van der Waals surface area contributed by atoms with Gasteiger partial charge in [0.25, 0.3) is 5.91 Å². The van der Waals surface area contributed by atoms with Crippen LogP contribution >= 0.6 is 0 Å². The number of nitrogens with zero attached hydrogens (tertiary/aromatic N) is 2. The van der Waals surface area contributed by atoms with Crippen LogP contribution in [0.15, 0.2) is 70.2 Å². The molecule has 1 amide bonds. The molecule has 14 heteroatoms. The molecule has 2 rings (SSSR count). The summed E-state index contributed by atoms with van der Waals surface area (Å²) in [6.07, 6.45) is -15.1. The van der Waals surface area contributed by atoms with Crippen molar-refractivity contribution in [2.75, 3.05) is 5.32 Å². The number of azo groups is 1. The lowest BCUT2D eigenvalue weighted by atomic mass is 10.2. The van der Waals surface area contributed by atoms with Crippen molar-refractivity contribution in [3.63, 3.8) is 0 Å². The Morgan fingerprint density at radius 1 is 0.812 bits per heavy atom. The van der Waals surface area contributed by atoms with Gasteiger partial charge in [-0.15, -0.1) is 5.11 Å². The third-order valence-electron chi connectivity index (χ3n) is 3.59. The Kier molecular flexibility index (Phi) is 6.85. The molecule has 0 fully saturated rings. The maximum absolute atomic E-state index is 12.9. The predicted octanol–water partition coefficient (Wildman–Crippen LogP) is 6.78. The average Bonchev–Trinajstić information content (AvgIpc) is 2.66. The van der Waals surface area contributed by atoms with E-state index in [-0.39, 0.29) is 0 Å². The molecule has 0 aliphatic heterocycles. The molecule has 0 aliphatic rings. The third-order valence-corrected chi connectivity index (χ3v) is 3.59. The second-order valence-electron chi connectivity index (χ2n) is 5.98.